The Bertz CT molecular complexity index is 229. The van der Waals surface area contributed by atoms with E-state index in [4.69, 9.17) is 5.26 Å². The second-order valence-corrected chi connectivity index (χ2v) is 3.09. The van der Waals surface area contributed by atoms with Gasteiger partial charge in [0.25, 0.3) is 0 Å². The van der Waals surface area contributed by atoms with Gasteiger partial charge in [-0.3, -0.25) is 4.79 Å². The van der Waals surface area contributed by atoms with Crippen LogP contribution in [0.25, 0.3) is 0 Å². The molecule has 0 saturated heterocycles. The molecule has 64 valence electrons. The maximum atomic E-state index is 11.2. The van der Waals surface area contributed by atoms with Gasteiger partial charge in [-0.15, -0.1) is 0 Å². The van der Waals surface area contributed by atoms with Gasteiger partial charge in [0.15, 0.2) is 0 Å². The molecule has 12 heavy (non-hydrogen) atoms. The second-order valence-electron chi connectivity index (χ2n) is 3.09. The molecule has 1 saturated carbocycles. The monoisotopic (exact) mass is 165 g/mol. The van der Waals surface area contributed by atoms with Crippen molar-refractivity contribution >= 4 is 12.1 Å². The Morgan fingerprint density at radius 1 is 1.67 bits per heavy atom. The molecule has 1 aliphatic carbocycles. The van der Waals surface area contributed by atoms with Crippen molar-refractivity contribution in [1.82, 2.24) is 0 Å². The molecule has 0 N–H and O–H groups in total. The lowest BCUT2D eigenvalue weighted by Gasteiger charge is -2.08. The smallest absolute Gasteiger partial charge is 0.137 e. The summed E-state index contributed by atoms with van der Waals surface area (Å²) in [4.78, 5) is 21.3. The van der Waals surface area contributed by atoms with E-state index in [1.807, 2.05) is 0 Å². The number of rotatable bonds is 3. The first-order valence-corrected chi connectivity index (χ1v) is 4.15. The van der Waals surface area contributed by atoms with Gasteiger partial charge in [-0.05, 0) is 12.8 Å². The summed E-state index contributed by atoms with van der Waals surface area (Å²) in [6.07, 6.45) is 2.95. The quantitative estimate of drug-likeness (QED) is 0.588. The fourth-order valence-electron chi connectivity index (χ4n) is 1.67. The molecule has 1 rings (SSSR count). The highest BCUT2D eigenvalue weighted by atomic mass is 16.1. The summed E-state index contributed by atoms with van der Waals surface area (Å²) in [6.45, 7) is 0. The fourth-order valence-corrected chi connectivity index (χ4v) is 1.67. The number of hydrogen-bond donors (Lipinski definition) is 0. The molecule has 0 aromatic carbocycles. The minimum absolute atomic E-state index is 0.141. The van der Waals surface area contributed by atoms with Gasteiger partial charge in [-0.25, -0.2) is 0 Å². The molecule has 1 aliphatic rings. The Balaban J connectivity index is 2.53. The van der Waals surface area contributed by atoms with E-state index in [-0.39, 0.29) is 17.6 Å². The Morgan fingerprint density at radius 2 is 2.42 bits per heavy atom. The Morgan fingerprint density at radius 3 is 3.00 bits per heavy atom. The van der Waals surface area contributed by atoms with E-state index in [0.717, 1.165) is 6.29 Å². The molecular formula is C9H11NO2. The van der Waals surface area contributed by atoms with Gasteiger partial charge < -0.3 is 4.79 Å². The molecule has 0 aromatic rings. The highest BCUT2D eigenvalue weighted by Gasteiger charge is 2.33. The van der Waals surface area contributed by atoms with Crippen LogP contribution >= 0.6 is 0 Å². The van der Waals surface area contributed by atoms with Crippen LogP contribution in [0.3, 0.4) is 0 Å². The Labute approximate surface area is 71.4 Å². The van der Waals surface area contributed by atoms with Gasteiger partial charge in [0.2, 0.25) is 0 Å². The standard InChI is InChI=1S/C9H11NO2/c10-6-7-3-4-9(12)8(7)2-1-5-11/h5,7-8H,1-4H2. The molecule has 0 aromatic heterocycles. The summed E-state index contributed by atoms with van der Waals surface area (Å²) < 4.78 is 0. The van der Waals surface area contributed by atoms with Crippen molar-refractivity contribution in [3.63, 3.8) is 0 Å². The molecule has 0 bridgehead atoms. The van der Waals surface area contributed by atoms with Crippen molar-refractivity contribution in [2.45, 2.75) is 25.7 Å². The van der Waals surface area contributed by atoms with Gasteiger partial charge in [-0.1, -0.05) is 0 Å². The molecular weight excluding hydrogens is 154 g/mol. The molecule has 2 atom stereocenters. The third kappa shape index (κ3) is 1.70. The van der Waals surface area contributed by atoms with E-state index < -0.39 is 0 Å². The SMILES string of the molecule is N#CC1CCC(=O)C1CCC=O. The van der Waals surface area contributed by atoms with E-state index in [1.54, 1.807) is 0 Å². The van der Waals surface area contributed by atoms with Gasteiger partial charge >= 0.3 is 0 Å². The average Bonchev–Trinajstić information content (AvgIpc) is 2.43. The first kappa shape index (κ1) is 8.92. The zero-order chi connectivity index (χ0) is 8.97. The van der Waals surface area contributed by atoms with Crippen molar-refractivity contribution in [2.24, 2.45) is 11.8 Å². The normalized spacial score (nSPS) is 28.4. The number of aldehydes is 1. The number of nitrogens with zero attached hydrogens (tertiary/aromatic N) is 1. The molecule has 1 fully saturated rings. The predicted molar refractivity (Wildman–Crippen MR) is 42.1 cm³/mol. The van der Waals surface area contributed by atoms with E-state index in [2.05, 4.69) is 6.07 Å². The highest BCUT2D eigenvalue weighted by molar-refractivity contribution is 5.84. The largest absolute Gasteiger partial charge is 0.303 e. The molecule has 2 unspecified atom stereocenters. The number of ketones is 1. The minimum atomic E-state index is -0.166. The number of carbonyl (C=O) groups excluding carboxylic acids is 2. The lowest BCUT2D eigenvalue weighted by Crippen LogP contribution is -2.13. The summed E-state index contributed by atoms with van der Waals surface area (Å²) in [6, 6.07) is 2.12. The lowest BCUT2D eigenvalue weighted by molar-refractivity contribution is -0.121. The summed E-state index contributed by atoms with van der Waals surface area (Å²) >= 11 is 0. The third-order valence-electron chi connectivity index (χ3n) is 2.36. The Kier molecular flexibility index (Phi) is 2.98. The van der Waals surface area contributed by atoms with Gasteiger partial charge in [0.1, 0.15) is 12.1 Å². The van der Waals surface area contributed by atoms with Crippen molar-refractivity contribution in [3.05, 3.63) is 0 Å². The average molecular weight is 165 g/mol. The Hall–Kier alpha value is -1.17. The zero-order valence-electron chi connectivity index (χ0n) is 6.82. The van der Waals surface area contributed by atoms with Crippen LogP contribution in [0.15, 0.2) is 0 Å². The van der Waals surface area contributed by atoms with Crippen LogP contribution in [0.2, 0.25) is 0 Å². The van der Waals surface area contributed by atoms with Gasteiger partial charge in [0.05, 0.1) is 12.0 Å². The lowest BCUT2D eigenvalue weighted by atomic mass is 9.92. The molecule has 0 heterocycles. The van der Waals surface area contributed by atoms with E-state index in [1.165, 1.54) is 0 Å². The van der Waals surface area contributed by atoms with Crippen LogP contribution < -0.4 is 0 Å². The van der Waals surface area contributed by atoms with Crippen molar-refractivity contribution in [3.8, 4) is 6.07 Å². The first-order valence-electron chi connectivity index (χ1n) is 4.15. The minimum Gasteiger partial charge on any atom is -0.303 e. The van der Waals surface area contributed by atoms with E-state index in [9.17, 15) is 9.59 Å². The van der Waals surface area contributed by atoms with Crippen LogP contribution in [-0.4, -0.2) is 12.1 Å². The number of nitriles is 1. The number of Topliss-reactive ketones (excluding diaryl/α,β-unsaturated/α-hetero) is 1. The van der Waals surface area contributed by atoms with Crippen molar-refractivity contribution in [1.29, 1.82) is 5.26 Å². The third-order valence-corrected chi connectivity index (χ3v) is 2.36. The maximum Gasteiger partial charge on any atom is 0.137 e. The summed E-state index contributed by atoms with van der Waals surface area (Å²) in [7, 11) is 0. The van der Waals surface area contributed by atoms with Crippen molar-refractivity contribution < 1.29 is 9.59 Å². The molecule has 0 aliphatic heterocycles. The number of hydrogen-bond acceptors (Lipinski definition) is 3. The van der Waals surface area contributed by atoms with Crippen LogP contribution in [0, 0.1) is 23.2 Å². The maximum absolute atomic E-state index is 11.2. The van der Waals surface area contributed by atoms with Crippen LogP contribution in [0.4, 0.5) is 0 Å². The van der Waals surface area contributed by atoms with Gasteiger partial charge in [0, 0.05) is 18.8 Å². The molecule has 0 radical (unpaired) electrons. The molecule has 3 nitrogen and oxygen atoms in total. The topological polar surface area (TPSA) is 57.9 Å². The van der Waals surface area contributed by atoms with E-state index >= 15 is 0 Å². The number of carbonyl (C=O) groups is 2. The summed E-state index contributed by atoms with van der Waals surface area (Å²) in [5.41, 5.74) is 0. The highest BCUT2D eigenvalue weighted by Crippen LogP contribution is 2.31. The summed E-state index contributed by atoms with van der Waals surface area (Å²) in [5, 5.41) is 8.66. The molecule has 0 amide bonds. The second kappa shape index (κ2) is 4.01. The zero-order valence-corrected chi connectivity index (χ0v) is 6.82. The fraction of sp³-hybridized carbons (Fsp3) is 0.667. The van der Waals surface area contributed by atoms with Crippen molar-refractivity contribution in [2.75, 3.05) is 0 Å². The predicted octanol–water partition coefficient (Wildman–Crippen LogP) is 1.08. The molecule has 3 heteroatoms. The van der Waals surface area contributed by atoms with Crippen LogP contribution in [0.1, 0.15) is 25.7 Å². The first-order chi connectivity index (χ1) is 5.79. The molecule has 0 spiro atoms. The van der Waals surface area contributed by atoms with E-state index in [0.29, 0.717) is 25.7 Å². The van der Waals surface area contributed by atoms with Crippen LogP contribution in [0.5, 0.6) is 0 Å². The van der Waals surface area contributed by atoms with Crippen LogP contribution in [-0.2, 0) is 9.59 Å². The van der Waals surface area contributed by atoms with Gasteiger partial charge in [-0.2, -0.15) is 5.26 Å². The summed E-state index contributed by atoms with van der Waals surface area (Å²) in [5.74, 6) is -0.152.